The molecule has 2 aliphatic rings. The van der Waals surface area contributed by atoms with Gasteiger partial charge in [-0.15, -0.1) is 0 Å². The third-order valence-corrected chi connectivity index (χ3v) is 5.56. The van der Waals surface area contributed by atoms with Crippen molar-refractivity contribution in [3.8, 4) is 11.5 Å². The molecule has 0 aromatic heterocycles. The van der Waals surface area contributed by atoms with Gasteiger partial charge in [-0.3, -0.25) is 4.90 Å². The maximum absolute atomic E-state index is 9.62. The minimum Gasteiger partial charge on any atom is -0.508 e. The van der Waals surface area contributed by atoms with Crippen molar-refractivity contribution in [1.29, 1.82) is 0 Å². The molecular formula is C22H28N2O2. The van der Waals surface area contributed by atoms with Crippen LogP contribution >= 0.6 is 0 Å². The molecule has 1 saturated heterocycles. The summed E-state index contributed by atoms with van der Waals surface area (Å²) in [6.07, 6.45) is 2.26. The fraction of sp³-hybridized carbons (Fsp3) is 0.455. The van der Waals surface area contributed by atoms with Crippen LogP contribution in [0.5, 0.6) is 11.5 Å². The highest BCUT2D eigenvalue weighted by Crippen LogP contribution is 2.27. The molecule has 1 N–H and O–H groups in total. The van der Waals surface area contributed by atoms with Gasteiger partial charge in [0.05, 0.1) is 6.61 Å². The number of benzene rings is 2. The Labute approximate surface area is 156 Å². The summed E-state index contributed by atoms with van der Waals surface area (Å²) in [6, 6.07) is 16.1. The molecule has 138 valence electrons. The Hall–Kier alpha value is -2.04. The van der Waals surface area contributed by atoms with E-state index in [9.17, 15) is 5.11 Å². The Kier molecular flexibility index (Phi) is 5.42. The van der Waals surface area contributed by atoms with Gasteiger partial charge in [-0.1, -0.05) is 30.3 Å². The number of hydrogen-bond acceptors (Lipinski definition) is 4. The van der Waals surface area contributed by atoms with Crippen molar-refractivity contribution in [2.45, 2.75) is 19.4 Å². The minimum absolute atomic E-state index is 0.358. The van der Waals surface area contributed by atoms with Gasteiger partial charge in [0.1, 0.15) is 11.5 Å². The molecule has 2 aromatic rings. The van der Waals surface area contributed by atoms with Gasteiger partial charge in [-0.2, -0.15) is 0 Å². The van der Waals surface area contributed by atoms with Crippen LogP contribution < -0.4 is 4.74 Å². The molecule has 2 aromatic carbocycles. The van der Waals surface area contributed by atoms with E-state index in [4.69, 9.17) is 4.74 Å². The lowest BCUT2D eigenvalue weighted by Crippen LogP contribution is -2.47. The highest BCUT2D eigenvalue weighted by Gasteiger charge is 2.23. The van der Waals surface area contributed by atoms with Gasteiger partial charge in [0, 0.05) is 39.3 Å². The molecule has 0 radical (unpaired) electrons. The third-order valence-electron chi connectivity index (χ3n) is 5.56. The maximum Gasteiger partial charge on any atom is 0.122 e. The van der Waals surface area contributed by atoms with Crippen molar-refractivity contribution >= 4 is 0 Å². The van der Waals surface area contributed by atoms with Gasteiger partial charge < -0.3 is 14.7 Å². The monoisotopic (exact) mass is 352 g/mol. The summed E-state index contributed by atoms with van der Waals surface area (Å²) in [6.45, 7) is 7.35. The molecule has 0 aliphatic carbocycles. The van der Waals surface area contributed by atoms with Gasteiger partial charge in [0.2, 0.25) is 0 Å². The van der Waals surface area contributed by atoms with Crippen molar-refractivity contribution < 1.29 is 9.84 Å². The number of phenolic OH excluding ortho intramolecular Hbond substituents is 1. The molecule has 0 spiro atoms. The van der Waals surface area contributed by atoms with Crippen LogP contribution in [-0.2, 0) is 13.0 Å². The summed E-state index contributed by atoms with van der Waals surface area (Å²) < 4.78 is 5.91. The average molecular weight is 352 g/mol. The van der Waals surface area contributed by atoms with E-state index in [-0.39, 0.29) is 0 Å². The van der Waals surface area contributed by atoms with E-state index < -0.39 is 0 Å². The van der Waals surface area contributed by atoms with Crippen molar-refractivity contribution in [1.82, 2.24) is 9.80 Å². The molecular weight excluding hydrogens is 324 g/mol. The van der Waals surface area contributed by atoms with Crippen molar-refractivity contribution in [3.05, 3.63) is 59.7 Å². The van der Waals surface area contributed by atoms with E-state index in [1.165, 1.54) is 11.1 Å². The van der Waals surface area contributed by atoms with Gasteiger partial charge in [0.15, 0.2) is 0 Å². The molecule has 0 saturated carbocycles. The lowest BCUT2D eigenvalue weighted by molar-refractivity contribution is 0.109. The van der Waals surface area contributed by atoms with Crippen molar-refractivity contribution in [2.75, 3.05) is 39.3 Å². The lowest BCUT2D eigenvalue weighted by Gasteiger charge is -2.36. The topological polar surface area (TPSA) is 35.9 Å². The summed E-state index contributed by atoms with van der Waals surface area (Å²) in [7, 11) is 0. The molecule has 4 heteroatoms. The van der Waals surface area contributed by atoms with E-state index in [1.54, 1.807) is 6.07 Å². The van der Waals surface area contributed by atoms with Crippen molar-refractivity contribution in [3.63, 3.8) is 0 Å². The largest absolute Gasteiger partial charge is 0.508 e. The molecule has 4 rings (SSSR count). The Morgan fingerprint density at radius 1 is 0.962 bits per heavy atom. The second-order valence-corrected chi connectivity index (χ2v) is 7.56. The summed E-state index contributed by atoms with van der Waals surface area (Å²) >= 11 is 0. The standard InChI is InChI=1S/C22H28N2O2/c25-21-6-3-4-18(15-21)16-23-9-11-24(12-10-23)17-19-8-13-26-22-7-2-1-5-20(22)14-19/h1-7,15,19,25H,8-14,16-17H2. The summed E-state index contributed by atoms with van der Waals surface area (Å²) in [5.74, 6) is 2.11. The zero-order chi connectivity index (χ0) is 17.8. The van der Waals surface area contributed by atoms with Crippen LogP contribution in [0.25, 0.3) is 0 Å². The van der Waals surface area contributed by atoms with E-state index in [2.05, 4.69) is 40.1 Å². The molecule has 1 unspecified atom stereocenters. The fourth-order valence-corrected chi connectivity index (χ4v) is 4.13. The van der Waals surface area contributed by atoms with Gasteiger partial charge >= 0.3 is 0 Å². The second kappa shape index (κ2) is 8.11. The molecule has 0 bridgehead atoms. The zero-order valence-corrected chi connectivity index (χ0v) is 15.3. The highest BCUT2D eigenvalue weighted by atomic mass is 16.5. The van der Waals surface area contributed by atoms with Crippen LogP contribution in [0.1, 0.15) is 17.5 Å². The first-order chi connectivity index (χ1) is 12.8. The van der Waals surface area contributed by atoms with Gasteiger partial charge in [0.25, 0.3) is 0 Å². The SMILES string of the molecule is Oc1cccc(CN2CCN(CC3CCOc4ccccc4C3)CC2)c1. The number of piperazine rings is 1. The summed E-state index contributed by atoms with van der Waals surface area (Å²) in [4.78, 5) is 5.09. The first-order valence-electron chi connectivity index (χ1n) is 9.69. The van der Waals surface area contributed by atoms with Crippen LogP contribution in [0.15, 0.2) is 48.5 Å². The van der Waals surface area contributed by atoms with Crippen LogP contribution in [-0.4, -0.2) is 54.2 Å². The number of rotatable bonds is 4. The molecule has 4 nitrogen and oxygen atoms in total. The number of phenols is 1. The Bertz CT molecular complexity index is 726. The van der Waals surface area contributed by atoms with Gasteiger partial charge in [-0.05, 0) is 48.1 Å². The fourth-order valence-electron chi connectivity index (χ4n) is 4.13. The molecule has 1 atom stereocenters. The summed E-state index contributed by atoms with van der Waals surface area (Å²) in [5, 5.41) is 9.62. The zero-order valence-electron chi connectivity index (χ0n) is 15.3. The highest BCUT2D eigenvalue weighted by molar-refractivity contribution is 5.34. The third kappa shape index (κ3) is 4.37. The van der Waals surface area contributed by atoms with Crippen molar-refractivity contribution in [2.24, 2.45) is 5.92 Å². The number of fused-ring (bicyclic) bond motifs is 1. The second-order valence-electron chi connectivity index (χ2n) is 7.56. The first-order valence-corrected chi connectivity index (χ1v) is 9.69. The predicted molar refractivity (Wildman–Crippen MR) is 104 cm³/mol. The van der Waals surface area contributed by atoms with E-state index in [1.807, 2.05) is 12.1 Å². The lowest BCUT2D eigenvalue weighted by atomic mass is 9.96. The van der Waals surface area contributed by atoms with E-state index in [0.29, 0.717) is 11.7 Å². The number of ether oxygens (including phenoxy) is 1. The van der Waals surface area contributed by atoms with Gasteiger partial charge in [-0.25, -0.2) is 0 Å². The Morgan fingerprint density at radius 2 is 1.77 bits per heavy atom. The smallest absolute Gasteiger partial charge is 0.122 e. The molecule has 0 amide bonds. The number of para-hydroxylation sites is 1. The Morgan fingerprint density at radius 3 is 2.62 bits per heavy atom. The predicted octanol–water partition coefficient (Wildman–Crippen LogP) is 3.15. The van der Waals surface area contributed by atoms with E-state index >= 15 is 0 Å². The molecule has 26 heavy (non-hydrogen) atoms. The number of nitrogens with zero attached hydrogens (tertiary/aromatic N) is 2. The van der Waals surface area contributed by atoms with E-state index in [0.717, 1.165) is 64.5 Å². The number of hydrogen-bond donors (Lipinski definition) is 1. The Balaban J connectivity index is 1.27. The molecule has 1 fully saturated rings. The number of aromatic hydroxyl groups is 1. The molecule has 2 heterocycles. The van der Waals surface area contributed by atoms with Crippen LogP contribution in [0.2, 0.25) is 0 Å². The normalized spacial score (nSPS) is 21.6. The summed E-state index contributed by atoms with van der Waals surface area (Å²) in [5.41, 5.74) is 2.55. The first kappa shape index (κ1) is 17.4. The molecule has 2 aliphatic heterocycles. The minimum atomic E-state index is 0.358. The average Bonchev–Trinajstić information content (AvgIpc) is 2.85. The van der Waals surface area contributed by atoms with Crippen LogP contribution in [0.3, 0.4) is 0 Å². The maximum atomic E-state index is 9.62. The quantitative estimate of drug-likeness (QED) is 0.917. The van der Waals surface area contributed by atoms with Crippen LogP contribution in [0, 0.1) is 5.92 Å². The van der Waals surface area contributed by atoms with Crippen LogP contribution in [0.4, 0.5) is 0 Å².